The molecule has 0 heterocycles. The van der Waals surface area contributed by atoms with E-state index in [0.717, 1.165) is 44.1 Å². The van der Waals surface area contributed by atoms with Crippen LogP contribution in [0.1, 0.15) is 113 Å². The Labute approximate surface area is 185 Å². The molecule has 29 heavy (non-hydrogen) atoms. The number of ketones is 1. The fraction of sp³-hybridized carbons (Fsp3) is 0.815. The van der Waals surface area contributed by atoms with Crippen LogP contribution in [-0.4, -0.2) is 30.8 Å². The van der Waals surface area contributed by atoms with Crippen molar-refractivity contribution in [2.24, 2.45) is 11.8 Å². The average Bonchev–Trinajstić information content (AvgIpc) is 2.74. The van der Waals surface area contributed by atoms with Gasteiger partial charge in [-0.3, -0.25) is 4.79 Å². The lowest BCUT2D eigenvalue weighted by molar-refractivity contribution is -0.118. The van der Waals surface area contributed by atoms with E-state index in [1.807, 2.05) is 27.7 Å². The number of Topliss-reactive ketones (excluding diaryl/α,β-unsaturated/α-hetero) is 1. The molecular formula is C27H55NO. The molecule has 0 bridgehead atoms. The lowest BCUT2D eigenvalue weighted by atomic mass is 9.83. The number of unbranched alkanes of at least 4 members (excludes halogenated alkanes) is 1. The van der Waals surface area contributed by atoms with Gasteiger partial charge in [0, 0.05) is 12.8 Å². The molecule has 1 aliphatic rings. The Kier molecular flexibility index (Phi) is 28.4. The highest BCUT2D eigenvalue weighted by atomic mass is 16.1. The van der Waals surface area contributed by atoms with Crippen LogP contribution in [0.25, 0.3) is 0 Å². The second-order valence-electron chi connectivity index (χ2n) is 8.22. The molecule has 0 aliphatic heterocycles. The maximum Gasteiger partial charge on any atom is 0.132 e. The van der Waals surface area contributed by atoms with Crippen molar-refractivity contribution in [3.05, 3.63) is 24.8 Å². The molecule has 0 N–H and O–H groups in total. The van der Waals surface area contributed by atoms with Crippen LogP contribution in [-0.2, 0) is 4.79 Å². The highest BCUT2D eigenvalue weighted by Crippen LogP contribution is 2.28. The zero-order valence-electron chi connectivity index (χ0n) is 21.5. The first-order chi connectivity index (χ1) is 13.8. The molecule has 1 saturated carbocycles. The van der Waals surface area contributed by atoms with Crippen molar-refractivity contribution in [3.63, 3.8) is 0 Å². The number of hydrogen-bond acceptors (Lipinski definition) is 2. The summed E-state index contributed by atoms with van der Waals surface area (Å²) in [5.41, 5.74) is 1.25. The van der Waals surface area contributed by atoms with Gasteiger partial charge in [0.05, 0.1) is 0 Å². The summed E-state index contributed by atoms with van der Waals surface area (Å²) in [6.45, 7) is 24.4. The first-order valence-electron chi connectivity index (χ1n) is 12.3. The lowest BCUT2D eigenvalue weighted by Gasteiger charge is -2.23. The van der Waals surface area contributed by atoms with Gasteiger partial charge in [0.2, 0.25) is 0 Å². The number of nitrogens with zero attached hydrogens (tertiary/aromatic N) is 1. The fourth-order valence-electron chi connectivity index (χ4n) is 2.90. The van der Waals surface area contributed by atoms with E-state index in [4.69, 9.17) is 0 Å². The number of carbonyl (C=O) groups excluding carboxylic acids is 1. The molecule has 174 valence electrons. The summed E-state index contributed by atoms with van der Waals surface area (Å²) in [6, 6.07) is 0. The summed E-state index contributed by atoms with van der Waals surface area (Å²) in [4.78, 5) is 13.3. The Morgan fingerprint density at radius 1 is 1.00 bits per heavy atom. The second-order valence-corrected chi connectivity index (χ2v) is 8.22. The van der Waals surface area contributed by atoms with Crippen LogP contribution in [0.2, 0.25) is 0 Å². The topological polar surface area (TPSA) is 20.3 Å². The summed E-state index contributed by atoms with van der Waals surface area (Å²) in [7, 11) is 2.14. The first-order valence-corrected chi connectivity index (χ1v) is 12.3. The number of rotatable bonds is 10. The van der Waals surface area contributed by atoms with Crippen molar-refractivity contribution < 1.29 is 4.79 Å². The minimum Gasteiger partial charge on any atom is -0.306 e. The molecule has 0 spiro atoms. The second kappa shape index (κ2) is 25.1. The van der Waals surface area contributed by atoms with Gasteiger partial charge in [0.1, 0.15) is 5.78 Å². The number of allylic oxidation sites excluding steroid dienone is 2. The van der Waals surface area contributed by atoms with Crippen LogP contribution in [0.15, 0.2) is 24.8 Å². The standard InChI is InChI=1S/C11H23NO.C9H16.C5H10.C2H6/c1-4-9-12(3)10-7-6-8-11(13)5-2;1-3-9-6-4-8(2)5-7-9;1-4-5(2)3;1-2/h4-10H2,1-3H3;3,8-9H,1,4-7H2,2H3;2,4H2,1,3H3;1-2H3. The lowest BCUT2D eigenvalue weighted by Crippen LogP contribution is -2.20. The van der Waals surface area contributed by atoms with Crippen LogP contribution < -0.4 is 0 Å². The number of hydrogen-bond donors (Lipinski definition) is 0. The summed E-state index contributed by atoms with van der Waals surface area (Å²) in [5.74, 6) is 2.21. The first kappa shape index (κ1) is 32.8. The predicted octanol–water partition coefficient (Wildman–Crippen LogP) is 8.48. The molecule has 1 rings (SSSR count). The van der Waals surface area contributed by atoms with Crippen LogP contribution in [0, 0.1) is 11.8 Å². The van der Waals surface area contributed by atoms with Crippen LogP contribution in [0.5, 0.6) is 0 Å². The quantitative estimate of drug-likeness (QED) is 0.266. The van der Waals surface area contributed by atoms with Gasteiger partial charge < -0.3 is 4.90 Å². The third-order valence-electron chi connectivity index (χ3n) is 5.24. The van der Waals surface area contributed by atoms with Crippen molar-refractivity contribution in [1.29, 1.82) is 0 Å². The van der Waals surface area contributed by atoms with E-state index in [2.05, 4.69) is 52.0 Å². The van der Waals surface area contributed by atoms with Crippen molar-refractivity contribution in [1.82, 2.24) is 4.90 Å². The largest absolute Gasteiger partial charge is 0.306 e. The zero-order chi connectivity index (χ0) is 23.1. The summed E-state index contributed by atoms with van der Waals surface area (Å²) in [5, 5.41) is 0. The Balaban J connectivity index is -0.000000365. The Hall–Kier alpha value is -0.890. The van der Waals surface area contributed by atoms with E-state index in [0.29, 0.717) is 12.2 Å². The zero-order valence-corrected chi connectivity index (χ0v) is 21.5. The minimum atomic E-state index is 0.401. The predicted molar refractivity (Wildman–Crippen MR) is 135 cm³/mol. The van der Waals surface area contributed by atoms with Crippen LogP contribution in [0.4, 0.5) is 0 Å². The van der Waals surface area contributed by atoms with Gasteiger partial charge in [-0.2, -0.15) is 0 Å². The van der Waals surface area contributed by atoms with E-state index in [9.17, 15) is 4.79 Å². The molecule has 2 nitrogen and oxygen atoms in total. The van der Waals surface area contributed by atoms with Gasteiger partial charge in [-0.15, -0.1) is 13.2 Å². The SMILES string of the molecule is C=C(C)CC.C=CC1CCC(C)CC1.CC.CCCN(C)CCCCC(=O)CC. The molecule has 2 heteroatoms. The minimum absolute atomic E-state index is 0.401. The molecule has 0 unspecified atom stereocenters. The maximum absolute atomic E-state index is 11.0. The smallest absolute Gasteiger partial charge is 0.132 e. The Morgan fingerprint density at radius 3 is 1.90 bits per heavy atom. The summed E-state index contributed by atoms with van der Waals surface area (Å²) < 4.78 is 0. The molecule has 0 aromatic heterocycles. The normalized spacial score (nSPS) is 17.6. The molecule has 0 amide bonds. The van der Waals surface area contributed by atoms with E-state index in [1.165, 1.54) is 44.2 Å². The molecule has 1 fully saturated rings. The summed E-state index contributed by atoms with van der Waals surface area (Å²) >= 11 is 0. The molecule has 0 radical (unpaired) electrons. The van der Waals surface area contributed by atoms with Crippen molar-refractivity contribution in [3.8, 4) is 0 Å². The van der Waals surface area contributed by atoms with E-state index < -0.39 is 0 Å². The molecule has 0 aromatic carbocycles. The Bertz CT molecular complexity index is 367. The molecule has 1 aliphatic carbocycles. The van der Waals surface area contributed by atoms with Gasteiger partial charge in [-0.05, 0) is 77.4 Å². The molecular weight excluding hydrogens is 354 g/mol. The van der Waals surface area contributed by atoms with Gasteiger partial charge in [-0.25, -0.2) is 0 Å². The Morgan fingerprint density at radius 2 is 1.52 bits per heavy atom. The van der Waals surface area contributed by atoms with E-state index >= 15 is 0 Å². The van der Waals surface area contributed by atoms with Crippen LogP contribution >= 0.6 is 0 Å². The van der Waals surface area contributed by atoms with Gasteiger partial charge in [0.15, 0.2) is 0 Å². The van der Waals surface area contributed by atoms with Gasteiger partial charge in [0.25, 0.3) is 0 Å². The maximum atomic E-state index is 11.0. The third kappa shape index (κ3) is 27.1. The number of carbonyl (C=O) groups is 1. The van der Waals surface area contributed by atoms with E-state index in [-0.39, 0.29) is 0 Å². The highest BCUT2D eigenvalue weighted by Gasteiger charge is 2.14. The molecule has 0 aromatic rings. The summed E-state index contributed by atoms with van der Waals surface area (Å²) in [6.07, 6.45) is 13.7. The van der Waals surface area contributed by atoms with Gasteiger partial charge in [-0.1, -0.05) is 66.0 Å². The highest BCUT2D eigenvalue weighted by molar-refractivity contribution is 5.77. The fourth-order valence-corrected chi connectivity index (χ4v) is 2.90. The van der Waals surface area contributed by atoms with Crippen molar-refractivity contribution in [2.75, 3.05) is 20.1 Å². The van der Waals surface area contributed by atoms with E-state index in [1.54, 1.807) is 0 Å². The third-order valence-corrected chi connectivity index (χ3v) is 5.24. The van der Waals surface area contributed by atoms with Crippen LogP contribution in [0.3, 0.4) is 0 Å². The average molecular weight is 410 g/mol. The van der Waals surface area contributed by atoms with Crippen molar-refractivity contribution >= 4 is 5.78 Å². The molecule has 0 saturated heterocycles. The van der Waals surface area contributed by atoms with Crippen molar-refractivity contribution in [2.45, 2.75) is 113 Å². The molecule has 0 atom stereocenters. The van der Waals surface area contributed by atoms with Gasteiger partial charge >= 0.3 is 0 Å². The monoisotopic (exact) mass is 409 g/mol.